The lowest BCUT2D eigenvalue weighted by molar-refractivity contribution is 0.355. The van der Waals surface area contributed by atoms with Gasteiger partial charge in [-0.2, -0.15) is 0 Å². The van der Waals surface area contributed by atoms with E-state index in [2.05, 4.69) is 44.8 Å². The van der Waals surface area contributed by atoms with Gasteiger partial charge in [0.1, 0.15) is 0 Å². The van der Waals surface area contributed by atoms with Crippen molar-refractivity contribution < 1.29 is 9.47 Å². The molecule has 142 valence electrons. The second kappa shape index (κ2) is 10.7. The zero-order chi connectivity index (χ0) is 18.2. The molecule has 2 rings (SSSR count). The predicted octanol–water partition coefficient (Wildman–Crippen LogP) is 3.58. The molecule has 0 saturated carbocycles. The number of nitrogens with zero attached hydrogens (tertiary/aromatic N) is 2. The first-order valence-electron chi connectivity index (χ1n) is 8.03. The van der Waals surface area contributed by atoms with Crippen LogP contribution in [0.4, 0.5) is 11.4 Å². The van der Waals surface area contributed by atoms with Crippen molar-refractivity contribution in [2.45, 2.75) is 6.54 Å². The van der Waals surface area contributed by atoms with Crippen LogP contribution in [0.3, 0.4) is 0 Å². The fraction of sp³-hybridized carbons (Fsp3) is 0.316. The highest BCUT2D eigenvalue weighted by atomic mass is 127. The molecular formula is C19H27IN4O2. The van der Waals surface area contributed by atoms with Crippen LogP contribution in [0.15, 0.2) is 47.5 Å². The Bertz CT molecular complexity index is 718. The topological polar surface area (TPSA) is 58.1 Å². The Morgan fingerprint density at radius 3 is 2.19 bits per heavy atom. The second-order valence-corrected chi connectivity index (χ2v) is 5.68. The van der Waals surface area contributed by atoms with Crippen molar-refractivity contribution in [1.29, 1.82) is 0 Å². The van der Waals surface area contributed by atoms with Crippen LogP contribution in [-0.4, -0.2) is 41.3 Å². The first-order chi connectivity index (χ1) is 12.1. The maximum Gasteiger partial charge on any atom is 0.195 e. The molecule has 2 aromatic rings. The van der Waals surface area contributed by atoms with Crippen LogP contribution in [0.2, 0.25) is 0 Å². The molecule has 26 heavy (non-hydrogen) atoms. The highest BCUT2D eigenvalue weighted by molar-refractivity contribution is 14.0. The van der Waals surface area contributed by atoms with Gasteiger partial charge in [-0.15, -0.1) is 24.0 Å². The van der Waals surface area contributed by atoms with Crippen LogP contribution < -0.4 is 25.0 Å². The van der Waals surface area contributed by atoms with Crippen LogP contribution in [-0.2, 0) is 6.54 Å². The van der Waals surface area contributed by atoms with E-state index in [0.29, 0.717) is 24.0 Å². The van der Waals surface area contributed by atoms with Crippen molar-refractivity contribution >= 4 is 41.3 Å². The van der Waals surface area contributed by atoms with Gasteiger partial charge >= 0.3 is 0 Å². The third-order valence-electron chi connectivity index (χ3n) is 3.78. The van der Waals surface area contributed by atoms with E-state index in [4.69, 9.17) is 9.47 Å². The number of benzene rings is 2. The van der Waals surface area contributed by atoms with Crippen molar-refractivity contribution in [3.63, 3.8) is 0 Å². The van der Waals surface area contributed by atoms with Gasteiger partial charge in [0, 0.05) is 45.1 Å². The molecule has 0 unspecified atom stereocenters. The summed E-state index contributed by atoms with van der Waals surface area (Å²) in [6.45, 7) is 0.681. The third-order valence-corrected chi connectivity index (χ3v) is 3.78. The lowest BCUT2D eigenvalue weighted by atomic mass is 10.2. The molecule has 2 aromatic carbocycles. The minimum atomic E-state index is 0. The quantitative estimate of drug-likeness (QED) is 0.384. The van der Waals surface area contributed by atoms with Crippen molar-refractivity contribution in [1.82, 2.24) is 5.32 Å². The summed E-state index contributed by atoms with van der Waals surface area (Å²) in [7, 11) is 9.04. The summed E-state index contributed by atoms with van der Waals surface area (Å²) in [5.41, 5.74) is 3.23. The number of hydrogen-bond donors (Lipinski definition) is 2. The summed E-state index contributed by atoms with van der Waals surface area (Å²) in [4.78, 5) is 6.33. The maximum absolute atomic E-state index is 5.32. The zero-order valence-electron chi connectivity index (χ0n) is 15.9. The van der Waals surface area contributed by atoms with Crippen LogP contribution in [0.1, 0.15) is 5.56 Å². The van der Waals surface area contributed by atoms with Crippen LogP contribution in [0.25, 0.3) is 0 Å². The van der Waals surface area contributed by atoms with E-state index < -0.39 is 0 Å². The Morgan fingerprint density at radius 1 is 1.00 bits per heavy atom. The van der Waals surface area contributed by atoms with Gasteiger partial charge in [-0.1, -0.05) is 12.1 Å². The third kappa shape index (κ3) is 5.98. The molecule has 0 aliphatic rings. The summed E-state index contributed by atoms with van der Waals surface area (Å²) >= 11 is 0. The van der Waals surface area contributed by atoms with Gasteiger partial charge < -0.3 is 25.0 Å². The first kappa shape index (κ1) is 21.9. The van der Waals surface area contributed by atoms with Crippen LogP contribution in [0, 0.1) is 0 Å². The molecule has 2 N–H and O–H groups in total. The summed E-state index contributed by atoms with van der Waals surface area (Å²) in [5.74, 6) is 2.04. The number of anilines is 2. The van der Waals surface area contributed by atoms with E-state index in [0.717, 1.165) is 5.69 Å². The number of nitrogens with one attached hydrogen (secondary N) is 2. The number of methoxy groups -OCH3 is 2. The number of aliphatic imine (C=N–C) groups is 1. The van der Waals surface area contributed by atoms with E-state index in [1.165, 1.54) is 11.3 Å². The molecule has 0 radical (unpaired) electrons. The number of rotatable bonds is 6. The summed E-state index contributed by atoms with van der Waals surface area (Å²) in [5, 5.41) is 6.55. The van der Waals surface area contributed by atoms with E-state index in [9.17, 15) is 0 Å². The number of halogens is 1. The molecular weight excluding hydrogens is 443 g/mol. The van der Waals surface area contributed by atoms with Crippen LogP contribution >= 0.6 is 24.0 Å². The molecule has 6 nitrogen and oxygen atoms in total. The normalized spacial score (nSPS) is 10.6. The van der Waals surface area contributed by atoms with Gasteiger partial charge in [-0.05, 0) is 29.8 Å². The van der Waals surface area contributed by atoms with Crippen LogP contribution in [0.5, 0.6) is 11.5 Å². The lowest BCUT2D eigenvalue weighted by Gasteiger charge is -2.15. The van der Waals surface area contributed by atoms with Gasteiger partial charge in [0.05, 0.1) is 14.2 Å². The Balaban J connectivity index is 0.00000338. The standard InChI is InChI=1S/C19H26N4O2.HI/c1-20-19(21-13-14-6-9-16(10-7-14)23(2)3)22-15-8-11-17(24-4)18(12-15)25-5;/h6-12H,13H2,1-5H3,(H2,20,21,22);1H. The molecule has 0 fully saturated rings. The predicted molar refractivity (Wildman–Crippen MR) is 120 cm³/mol. The molecule has 0 amide bonds. The first-order valence-corrected chi connectivity index (χ1v) is 8.03. The van der Waals surface area contributed by atoms with E-state index >= 15 is 0 Å². The molecule has 0 spiro atoms. The Hall–Kier alpha value is -2.16. The fourth-order valence-corrected chi connectivity index (χ4v) is 2.33. The Morgan fingerprint density at radius 2 is 1.65 bits per heavy atom. The van der Waals surface area contributed by atoms with Crippen molar-refractivity contribution in [2.24, 2.45) is 4.99 Å². The smallest absolute Gasteiger partial charge is 0.195 e. The summed E-state index contributed by atoms with van der Waals surface area (Å²) in [6, 6.07) is 14.0. The lowest BCUT2D eigenvalue weighted by Crippen LogP contribution is -2.30. The number of ether oxygens (including phenoxy) is 2. The van der Waals surface area contributed by atoms with Crippen molar-refractivity contribution in [2.75, 3.05) is 45.6 Å². The molecule has 0 atom stereocenters. The molecule has 0 aliphatic carbocycles. The van der Waals surface area contributed by atoms with Crippen molar-refractivity contribution in [3.8, 4) is 11.5 Å². The largest absolute Gasteiger partial charge is 0.493 e. The minimum absolute atomic E-state index is 0. The molecule has 7 heteroatoms. The van der Waals surface area contributed by atoms with E-state index in [1.54, 1.807) is 21.3 Å². The maximum atomic E-state index is 5.32. The van der Waals surface area contributed by atoms with E-state index in [-0.39, 0.29) is 24.0 Å². The molecule has 0 saturated heterocycles. The second-order valence-electron chi connectivity index (χ2n) is 5.68. The average molecular weight is 470 g/mol. The SMILES string of the molecule is CN=C(NCc1ccc(N(C)C)cc1)Nc1ccc(OC)c(OC)c1.I. The monoisotopic (exact) mass is 470 g/mol. The highest BCUT2D eigenvalue weighted by Gasteiger charge is 2.06. The van der Waals surface area contributed by atoms with Gasteiger partial charge in [0.25, 0.3) is 0 Å². The van der Waals surface area contributed by atoms with Gasteiger partial charge in [0.2, 0.25) is 0 Å². The Kier molecular flexibility index (Phi) is 9.04. The Labute approximate surface area is 172 Å². The van der Waals surface area contributed by atoms with Gasteiger partial charge in [0.15, 0.2) is 17.5 Å². The zero-order valence-corrected chi connectivity index (χ0v) is 18.2. The average Bonchev–Trinajstić information content (AvgIpc) is 2.65. The van der Waals surface area contributed by atoms with Gasteiger partial charge in [-0.3, -0.25) is 4.99 Å². The molecule has 0 bridgehead atoms. The summed E-state index contributed by atoms with van der Waals surface area (Å²) < 4.78 is 10.6. The van der Waals surface area contributed by atoms with Crippen molar-refractivity contribution in [3.05, 3.63) is 48.0 Å². The number of hydrogen-bond acceptors (Lipinski definition) is 4. The highest BCUT2D eigenvalue weighted by Crippen LogP contribution is 2.29. The fourth-order valence-electron chi connectivity index (χ4n) is 2.33. The summed E-state index contributed by atoms with van der Waals surface area (Å²) in [6.07, 6.45) is 0. The number of guanidine groups is 1. The van der Waals surface area contributed by atoms with Gasteiger partial charge in [-0.25, -0.2) is 0 Å². The minimum Gasteiger partial charge on any atom is -0.493 e. The molecule has 0 aliphatic heterocycles. The molecule has 0 aromatic heterocycles. The van der Waals surface area contributed by atoms with E-state index in [1.807, 2.05) is 32.3 Å². The molecule has 0 heterocycles.